The van der Waals surface area contributed by atoms with Crippen LogP contribution in [0.1, 0.15) is 59.8 Å². The van der Waals surface area contributed by atoms with Crippen LogP contribution in [0.25, 0.3) is 0 Å². The van der Waals surface area contributed by atoms with Gasteiger partial charge in [0.1, 0.15) is 0 Å². The molecule has 1 aliphatic carbocycles. The van der Waals surface area contributed by atoms with E-state index in [1.54, 1.807) is 0 Å². The van der Waals surface area contributed by atoms with Crippen molar-refractivity contribution in [2.24, 2.45) is 17.3 Å². The van der Waals surface area contributed by atoms with Gasteiger partial charge >= 0.3 is 0 Å². The molecule has 0 spiro atoms. The van der Waals surface area contributed by atoms with Gasteiger partial charge < -0.3 is 0 Å². The SMILES string of the molecule is CCCC1CC(C(C)(C)C)CCC1Cl. The Labute approximate surface area is 94.4 Å². The predicted octanol–water partition coefficient (Wildman–Crippen LogP) is 4.86. The molecule has 0 saturated heterocycles. The Hall–Kier alpha value is 0.290. The van der Waals surface area contributed by atoms with Gasteiger partial charge in [-0.3, -0.25) is 0 Å². The van der Waals surface area contributed by atoms with Crippen LogP contribution in [0, 0.1) is 17.3 Å². The maximum absolute atomic E-state index is 6.38. The molecule has 1 fully saturated rings. The van der Waals surface area contributed by atoms with E-state index < -0.39 is 0 Å². The lowest BCUT2D eigenvalue weighted by Crippen LogP contribution is -2.32. The number of alkyl halides is 1. The van der Waals surface area contributed by atoms with Crippen LogP contribution in [-0.4, -0.2) is 5.38 Å². The van der Waals surface area contributed by atoms with Gasteiger partial charge in [-0.15, -0.1) is 11.6 Å². The predicted molar refractivity (Wildman–Crippen MR) is 64.8 cm³/mol. The van der Waals surface area contributed by atoms with Gasteiger partial charge in [-0.05, 0) is 42.9 Å². The van der Waals surface area contributed by atoms with Crippen molar-refractivity contribution >= 4 is 11.6 Å². The minimum absolute atomic E-state index is 0.452. The molecule has 0 aliphatic heterocycles. The van der Waals surface area contributed by atoms with E-state index >= 15 is 0 Å². The molecule has 1 heteroatoms. The molecule has 1 aliphatic rings. The summed E-state index contributed by atoms with van der Waals surface area (Å²) in [4.78, 5) is 0. The van der Waals surface area contributed by atoms with E-state index in [0.717, 1.165) is 11.8 Å². The summed E-state index contributed by atoms with van der Waals surface area (Å²) >= 11 is 6.38. The molecule has 0 heterocycles. The first-order chi connectivity index (χ1) is 6.45. The van der Waals surface area contributed by atoms with E-state index in [0.29, 0.717) is 10.8 Å². The maximum Gasteiger partial charge on any atom is 0.0364 e. The maximum atomic E-state index is 6.38. The molecule has 0 N–H and O–H groups in total. The summed E-state index contributed by atoms with van der Waals surface area (Å²) in [6.07, 6.45) is 6.52. The zero-order valence-electron chi connectivity index (χ0n) is 10.1. The highest BCUT2D eigenvalue weighted by atomic mass is 35.5. The van der Waals surface area contributed by atoms with E-state index in [-0.39, 0.29) is 0 Å². The van der Waals surface area contributed by atoms with E-state index in [4.69, 9.17) is 11.6 Å². The van der Waals surface area contributed by atoms with Crippen LogP contribution in [0.2, 0.25) is 0 Å². The Morgan fingerprint density at radius 2 is 1.86 bits per heavy atom. The minimum Gasteiger partial charge on any atom is -0.123 e. The van der Waals surface area contributed by atoms with Gasteiger partial charge in [-0.2, -0.15) is 0 Å². The lowest BCUT2D eigenvalue weighted by Gasteiger charge is -2.40. The summed E-state index contributed by atoms with van der Waals surface area (Å²) in [7, 11) is 0. The van der Waals surface area contributed by atoms with Gasteiger partial charge in [0.2, 0.25) is 0 Å². The minimum atomic E-state index is 0.452. The van der Waals surface area contributed by atoms with Crippen LogP contribution >= 0.6 is 11.6 Å². The Kier molecular flexibility index (Phi) is 4.30. The first kappa shape index (κ1) is 12.4. The van der Waals surface area contributed by atoms with Crippen molar-refractivity contribution in [3.8, 4) is 0 Å². The second kappa shape index (κ2) is 4.88. The fraction of sp³-hybridized carbons (Fsp3) is 1.00. The van der Waals surface area contributed by atoms with Crippen molar-refractivity contribution in [3.05, 3.63) is 0 Å². The molecule has 0 nitrogen and oxygen atoms in total. The Balaban J connectivity index is 2.53. The zero-order valence-corrected chi connectivity index (χ0v) is 10.9. The van der Waals surface area contributed by atoms with Crippen LogP contribution < -0.4 is 0 Å². The van der Waals surface area contributed by atoms with E-state index in [2.05, 4.69) is 27.7 Å². The summed E-state index contributed by atoms with van der Waals surface area (Å²) in [5, 5.41) is 0.452. The van der Waals surface area contributed by atoms with Gasteiger partial charge in [0.15, 0.2) is 0 Å². The van der Waals surface area contributed by atoms with Crippen LogP contribution in [0.15, 0.2) is 0 Å². The van der Waals surface area contributed by atoms with E-state index in [9.17, 15) is 0 Å². The van der Waals surface area contributed by atoms with Gasteiger partial charge in [0.25, 0.3) is 0 Å². The standard InChI is InChI=1S/C13H25Cl/c1-5-6-10-9-11(13(2,3)4)7-8-12(10)14/h10-12H,5-9H2,1-4H3. The summed E-state index contributed by atoms with van der Waals surface area (Å²) < 4.78 is 0. The number of hydrogen-bond acceptors (Lipinski definition) is 0. The van der Waals surface area contributed by atoms with Gasteiger partial charge in [-0.1, -0.05) is 34.1 Å². The second-order valence-electron chi connectivity index (χ2n) is 5.94. The van der Waals surface area contributed by atoms with Crippen molar-refractivity contribution < 1.29 is 0 Å². The van der Waals surface area contributed by atoms with Gasteiger partial charge in [-0.25, -0.2) is 0 Å². The number of hydrogen-bond donors (Lipinski definition) is 0. The third kappa shape index (κ3) is 3.15. The quantitative estimate of drug-likeness (QED) is 0.579. The van der Waals surface area contributed by atoms with Crippen molar-refractivity contribution in [1.82, 2.24) is 0 Å². The molecule has 0 aromatic rings. The number of halogens is 1. The summed E-state index contributed by atoms with van der Waals surface area (Å²) in [5.74, 6) is 1.66. The monoisotopic (exact) mass is 216 g/mol. The highest BCUT2D eigenvalue weighted by Gasteiger charge is 2.34. The molecule has 3 atom stereocenters. The van der Waals surface area contributed by atoms with Crippen LogP contribution in [0.5, 0.6) is 0 Å². The molecular formula is C13H25Cl. The molecule has 1 saturated carbocycles. The van der Waals surface area contributed by atoms with Gasteiger partial charge in [0.05, 0.1) is 0 Å². The molecule has 0 aromatic heterocycles. The molecule has 3 unspecified atom stereocenters. The van der Waals surface area contributed by atoms with Crippen molar-refractivity contribution in [1.29, 1.82) is 0 Å². The van der Waals surface area contributed by atoms with Crippen LogP contribution in [0.4, 0.5) is 0 Å². The van der Waals surface area contributed by atoms with E-state index in [1.165, 1.54) is 32.1 Å². The average molecular weight is 217 g/mol. The van der Waals surface area contributed by atoms with Crippen molar-refractivity contribution in [3.63, 3.8) is 0 Å². The van der Waals surface area contributed by atoms with Crippen molar-refractivity contribution in [2.45, 2.75) is 65.2 Å². The Bertz CT molecular complexity index is 169. The molecule has 84 valence electrons. The lowest BCUT2D eigenvalue weighted by molar-refractivity contribution is 0.139. The Morgan fingerprint density at radius 1 is 1.21 bits per heavy atom. The van der Waals surface area contributed by atoms with Crippen molar-refractivity contribution in [2.75, 3.05) is 0 Å². The highest BCUT2D eigenvalue weighted by Crippen LogP contribution is 2.43. The molecule has 0 radical (unpaired) electrons. The van der Waals surface area contributed by atoms with Crippen LogP contribution in [0.3, 0.4) is 0 Å². The summed E-state index contributed by atoms with van der Waals surface area (Å²) in [6, 6.07) is 0. The average Bonchev–Trinajstić information content (AvgIpc) is 2.07. The molecular weight excluding hydrogens is 192 g/mol. The first-order valence-electron chi connectivity index (χ1n) is 6.09. The lowest BCUT2D eigenvalue weighted by atomic mass is 9.68. The molecule has 0 aromatic carbocycles. The highest BCUT2D eigenvalue weighted by molar-refractivity contribution is 6.20. The zero-order chi connectivity index (χ0) is 10.8. The molecule has 0 bridgehead atoms. The largest absolute Gasteiger partial charge is 0.123 e. The van der Waals surface area contributed by atoms with Crippen LogP contribution in [-0.2, 0) is 0 Å². The molecule has 14 heavy (non-hydrogen) atoms. The third-order valence-corrected chi connectivity index (χ3v) is 4.35. The number of rotatable bonds is 2. The van der Waals surface area contributed by atoms with Gasteiger partial charge in [0, 0.05) is 5.38 Å². The van der Waals surface area contributed by atoms with E-state index in [1.807, 2.05) is 0 Å². The third-order valence-electron chi connectivity index (χ3n) is 3.77. The second-order valence-corrected chi connectivity index (χ2v) is 6.50. The summed E-state index contributed by atoms with van der Waals surface area (Å²) in [6.45, 7) is 9.38. The summed E-state index contributed by atoms with van der Waals surface area (Å²) in [5.41, 5.74) is 0.475. The normalized spacial score (nSPS) is 34.5. The Morgan fingerprint density at radius 3 is 2.36 bits per heavy atom. The fourth-order valence-corrected chi connectivity index (χ4v) is 3.04. The fourth-order valence-electron chi connectivity index (χ4n) is 2.68. The first-order valence-corrected chi connectivity index (χ1v) is 6.53. The molecule has 1 rings (SSSR count). The topological polar surface area (TPSA) is 0 Å². The molecule has 0 amide bonds. The smallest absolute Gasteiger partial charge is 0.0364 e.